The van der Waals surface area contributed by atoms with Gasteiger partial charge in [-0.15, -0.1) is 0 Å². The summed E-state index contributed by atoms with van der Waals surface area (Å²) in [6.45, 7) is 8.83. The first kappa shape index (κ1) is 14.6. The van der Waals surface area contributed by atoms with Crippen LogP contribution < -0.4 is 11.3 Å². The van der Waals surface area contributed by atoms with Gasteiger partial charge < -0.3 is 4.42 Å². The minimum absolute atomic E-state index is 0.0247. The molecule has 1 unspecified atom stereocenters. The largest absolute Gasteiger partial charge is 0.459 e. The molecule has 1 saturated heterocycles. The lowest BCUT2D eigenvalue weighted by molar-refractivity contribution is 0.0972. The topological polar surface area (TPSA) is 54.4 Å². The van der Waals surface area contributed by atoms with Crippen molar-refractivity contribution in [3.63, 3.8) is 0 Å². The van der Waals surface area contributed by atoms with E-state index in [0.29, 0.717) is 0 Å². The number of furan rings is 1. The van der Waals surface area contributed by atoms with Crippen LogP contribution in [0, 0.1) is 6.92 Å². The van der Waals surface area contributed by atoms with E-state index in [1.165, 1.54) is 18.4 Å². The number of rotatable bonds is 4. The van der Waals surface area contributed by atoms with Gasteiger partial charge in [-0.1, -0.05) is 11.6 Å². The molecule has 0 radical (unpaired) electrons. The number of hydrogen-bond acceptors (Lipinski definition) is 4. The molecule has 1 aromatic heterocycles. The quantitative estimate of drug-likeness (QED) is 0.670. The van der Waals surface area contributed by atoms with Crippen molar-refractivity contribution < 1.29 is 4.42 Å². The molecule has 1 aromatic carbocycles. The number of fused-ring (bicyclic) bond motifs is 1. The Hall–Kier alpha value is -1.36. The molecule has 2 heterocycles. The number of nitrogens with two attached hydrogens (primary N) is 1. The Morgan fingerprint density at radius 3 is 2.62 bits per heavy atom. The van der Waals surface area contributed by atoms with Gasteiger partial charge in [0.1, 0.15) is 11.3 Å². The van der Waals surface area contributed by atoms with Gasteiger partial charge in [0.2, 0.25) is 0 Å². The summed E-state index contributed by atoms with van der Waals surface area (Å²) in [5, 5.41) is 1.14. The summed E-state index contributed by atoms with van der Waals surface area (Å²) < 4.78 is 6.05. The Morgan fingerprint density at radius 2 is 1.95 bits per heavy atom. The van der Waals surface area contributed by atoms with E-state index in [4.69, 9.17) is 10.3 Å². The Kier molecular flexibility index (Phi) is 3.78. The van der Waals surface area contributed by atoms with Crippen LogP contribution in [0.3, 0.4) is 0 Å². The molecule has 1 fully saturated rings. The molecular formula is C17H25N3O. The van der Waals surface area contributed by atoms with Crippen molar-refractivity contribution in [2.24, 2.45) is 5.84 Å². The monoisotopic (exact) mass is 287 g/mol. The fourth-order valence-electron chi connectivity index (χ4n) is 3.44. The first-order valence-corrected chi connectivity index (χ1v) is 7.73. The average molecular weight is 287 g/mol. The molecule has 4 heteroatoms. The standard InChI is InChI=1S/C17H25N3O/c1-12-6-7-14-13(10-12)11-15(21-14)16(19-18)17(2,3)20-8-4-5-9-20/h6-7,10-11,16,19H,4-5,8-9,18H2,1-3H3. The smallest absolute Gasteiger partial charge is 0.134 e. The molecule has 0 bridgehead atoms. The third kappa shape index (κ3) is 2.59. The molecule has 3 rings (SSSR count). The number of nitrogens with one attached hydrogen (secondary N) is 1. The second-order valence-corrected chi connectivity index (χ2v) is 6.64. The molecule has 0 saturated carbocycles. The minimum atomic E-state index is -0.0752. The molecule has 3 N–H and O–H groups in total. The zero-order chi connectivity index (χ0) is 15.0. The number of hydrazine groups is 1. The summed E-state index contributed by atoms with van der Waals surface area (Å²) in [5.41, 5.74) is 5.07. The van der Waals surface area contributed by atoms with Crippen LogP contribution in [-0.2, 0) is 0 Å². The second kappa shape index (κ2) is 5.44. The molecule has 0 amide bonds. The summed E-state index contributed by atoms with van der Waals surface area (Å²) in [6, 6.07) is 8.35. The van der Waals surface area contributed by atoms with Gasteiger partial charge in [-0.3, -0.25) is 10.7 Å². The van der Waals surface area contributed by atoms with Crippen molar-refractivity contribution in [3.8, 4) is 0 Å². The van der Waals surface area contributed by atoms with Crippen molar-refractivity contribution in [2.45, 2.75) is 45.2 Å². The molecule has 0 spiro atoms. The van der Waals surface area contributed by atoms with E-state index in [9.17, 15) is 0 Å². The van der Waals surface area contributed by atoms with Gasteiger partial charge in [-0.05, 0) is 64.9 Å². The van der Waals surface area contributed by atoms with E-state index in [-0.39, 0.29) is 11.6 Å². The van der Waals surface area contributed by atoms with E-state index >= 15 is 0 Å². The van der Waals surface area contributed by atoms with Gasteiger partial charge in [-0.25, -0.2) is 5.43 Å². The SMILES string of the molecule is Cc1ccc2oc(C(NN)C(C)(C)N3CCCC3)cc2c1. The van der Waals surface area contributed by atoms with Crippen molar-refractivity contribution in [1.82, 2.24) is 10.3 Å². The maximum absolute atomic E-state index is 6.05. The zero-order valence-corrected chi connectivity index (χ0v) is 13.1. The summed E-state index contributed by atoms with van der Waals surface area (Å²) in [7, 11) is 0. The highest BCUT2D eigenvalue weighted by molar-refractivity contribution is 5.78. The van der Waals surface area contributed by atoms with Gasteiger partial charge >= 0.3 is 0 Å². The number of benzene rings is 1. The Balaban J connectivity index is 1.97. The molecule has 1 aliphatic heterocycles. The summed E-state index contributed by atoms with van der Waals surface area (Å²) in [4.78, 5) is 2.50. The highest BCUT2D eigenvalue weighted by Gasteiger charge is 2.38. The Morgan fingerprint density at radius 1 is 1.24 bits per heavy atom. The average Bonchev–Trinajstić information content (AvgIpc) is 3.07. The molecule has 1 aliphatic rings. The lowest BCUT2D eigenvalue weighted by atomic mass is 9.91. The predicted molar refractivity (Wildman–Crippen MR) is 85.9 cm³/mol. The third-order valence-electron chi connectivity index (χ3n) is 4.77. The summed E-state index contributed by atoms with van der Waals surface area (Å²) in [6.07, 6.45) is 2.53. The van der Waals surface area contributed by atoms with Crippen molar-refractivity contribution in [1.29, 1.82) is 0 Å². The van der Waals surface area contributed by atoms with Crippen LogP contribution >= 0.6 is 0 Å². The van der Waals surface area contributed by atoms with Crippen LogP contribution in [0.15, 0.2) is 28.7 Å². The van der Waals surface area contributed by atoms with Gasteiger partial charge in [0.15, 0.2) is 0 Å². The van der Waals surface area contributed by atoms with Crippen LogP contribution in [0.4, 0.5) is 0 Å². The number of hydrogen-bond donors (Lipinski definition) is 2. The van der Waals surface area contributed by atoms with E-state index < -0.39 is 0 Å². The molecule has 0 aliphatic carbocycles. The van der Waals surface area contributed by atoms with Crippen LogP contribution in [0.25, 0.3) is 11.0 Å². The Labute approximate surface area is 126 Å². The van der Waals surface area contributed by atoms with Gasteiger partial charge in [0, 0.05) is 10.9 Å². The molecule has 4 nitrogen and oxygen atoms in total. The molecular weight excluding hydrogens is 262 g/mol. The second-order valence-electron chi connectivity index (χ2n) is 6.64. The molecule has 114 valence electrons. The van der Waals surface area contributed by atoms with Crippen LogP contribution in [0.5, 0.6) is 0 Å². The van der Waals surface area contributed by atoms with Crippen molar-refractivity contribution in [3.05, 3.63) is 35.6 Å². The Bertz CT molecular complexity index is 626. The number of likely N-dealkylation sites (tertiary alicyclic amines) is 1. The van der Waals surface area contributed by atoms with E-state index in [0.717, 1.165) is 29.8 Å². The number of nitrogens with zero attached hydrogens (tertiary/aromatic N) is 1. The maximum Gasteiger partial charge on any atom is 0.134 e. The maximum atomic E-state index is 6.05. The minimum Gasteiger partial charge on any atom is -0.459 e. The molecule has 2 aromatic rings. The highest BCUT2D eigenvalue weighted by Crippen LogP contribution is 2.35. The third-order valence-corrected chi connectivity index (χ3v) is 4.77. The van der Waals surface area contributed by atoms with Crippen molar-refractivity contribution in [2.75, 3.05) is 13.1 Å². The fourth-order valence-corrected chi connectivity index (χ4v) is 3.44. The van der Waals surface area contributed by atoms with Crippen LogP contribution in [0.2, 0.25) is 0 Å². The number of aryl methyl sites for hydroxylation is 1. The normalized spacial score (nSPS) is 18.5. The van der Waals surface area contributed by atoms with Crippen molar-refractivity contribution >= 4 is 11.0 Å². The highest BCUT2D eigenvalue weighted by atomic mass is 16.3. The summed E-state index contributed by atoms with van der Waals surface area (Å²) >= 11 is 0. The lowest BCUT2D eigenvalue weighted by Gasteiger charge is -2.40. The fraction of sp³-hybridized carbons (Fsp3) is 0.529. The van der Waals surface area contributed by atoms with Gasteiger partial charge in [-0.2, -0.15) is 0 Å². The van der Waals surface area contributed by atoms with Gasteiger partial charge in [0.05, 0.1) is 6.04 Å². The van der Waals surface area contributed by atoms with Crippen LogP contribution in [-0.4, -0.2) is 23.5 Å². The zero-order valence-electron chi connectivity index (χ0n) is 13.1. The first-order valence-electron chi connectivity index (χ1n) is 7.73. The predicted octanol–water partition coefficient (Wildman–Crippen LogP) is 3.12. The lowest BCUT2D eigenvalue weighted by Crippen LogP contribution is -2.53. The molecule has 21 heavy (non-hydrogen) atoms. The van der Waals surface area contributed by atoms with E-state index in [1.807, 2.05) is 6.07 Å². The van der Waals surface area contributed by atoms with Crippen LogP contribution in [0.1, 0.15) is 44.1 Å². The van der Waals surface area contributed by atoms with E-state index in [2.05, 4.69) is 49.3 Å². The van der Waals surface area contributed by atoms with Gasteiger partial charge in [0.25, 0.3) is 0 Å². The van der Waals surface area contributed by atoms with E-state index in [1.54, 1.807) is 0 Å². The molecule has 1 atom stereocenters. The first-order chi connectivity index (χ1) is 10.0. The summed E-state index contributed by atoms with van der Waals surface area (Å²) in [5.74, 6) is 6.79.